The van der Waals surface area contributed by atoms with Gasteiger partial charge in [0.2, 0.25) is 0 Å². The molecule has 0 fully saturated rings. The van der Waals surface area contributed by atoms with Crippen LogP contribution in [0.3, 0.4) is 0 Å². The predicted molar refractivity (Wildman–Crippen MR) is 117 cm³/mol. The SMILES string of the molecule is COc1ccc(CC#Cc2ccc3[nH]c(=O)c(Cc4ccccc4)cc3c2)cc1. The fourth-order valence-electron chi connectivity index (χ4n) is 3.27. The van der Waals surface area contributed by atoms with Crippen LogP contribution in [-0.4, -0.2) is 12.1 Å². The minimum Gasteiger partial charge on any atom is -0.497 e. The Morgan fingerprint density at radius 3 is 2.45 bits per heavy atom. The second-order valence-corrected chi connectivity index (χ2v) is 6.91. The first-order chi connectivity index (χ1) is 14.2. The highest BCUT2D eigenvalue weighted by Gasteiger charge is 2.05. The van der Waals surface area contributed by atoms with Gasteiger partial charge in [-0.3, -0.25) is 4.79 Å². The zero-order valence-electron chi connectivity index (χ0n) is 16.2. The van der Waals surface area contributed by atoms with Crippen LogP contribution in [0.5, 0.6) is 5.75 Å². The Labute approximate surface area is 170 Å². The third-order valence-corrected chi connectivity index (χ3v) is 4.84. The number of methoxy groups -OCH3 is 1. The van der Waals surface area contributed by atoms with Crippen LogP contribution in [0.1, 0.15) is 22.3 Å². The molecule has 0 atom stereocenters. The van der Waals surface area contributed by atoms with Crippen LogP contribution < -0.4 is 10.3 Å². The monoisotopic (exact) mass is 379 g/mol. The van der Waals surface area contributed by atoms with Crippen LogP contribution in [0.15, 0.2) is 83.7 Å². The lowest BCUT2D eigenvalue weighted by Crippen LogP contribution is -2.12. The number of pyridine rings is 1. The molecule has 0 amide bonds. The zero-order chi connectivity index (χ0) is 20.1. The summed E-state index contributed by atoms with van der Waals surface area (Å²) in [7, 11) is 1.66. The summed E-state index contributed by atoms with van der Waals surface area (Å²) in [5.74, 6) is 7.29. The Bertz CT molecular complexity index is 1240. The molecular formula is C26H21NO2. The molecular weight excluding hydrogens is 358 g/mol. The number of benzene rings is 3. The van der Waals surface area contributed by atoms with Gasteiger partial charge in [-0.15, -0.1) is 0 Å². The van der Waals surface area contributed by atoms with E-state index < -0.39 is 0 Å². The summed E-state index contributed by atoms with van der Waals surface area (Å²) in [6.07, 6.45) is 1.28. The molecule has 1 N–H and O–H groups in total. The van der Waals surface area contributed by atoms with Gasteiger partial charge < -0.3 is 9.72 Å². The van der Waals surface area contributed by atoms with Crippen molar-refractivity contribution < 1.29 is 4.74 Å². The molecule has 3 nitrogen and oxygen atoms in total. The zero-order valence-corrected chi connectivity index (χ0v) is 16.2. The van der Waals surface area contributed by atoms with E-state index in [2.05, 4.69) is 16.8 Å². The number of nitrogens with one attached hydrogen (secondary N) is 1. The lowest BCUT2D eigenvalue weighted by molar-refractivity contribution is 0.414. The van der Waals surface area contributed by atoms with Crippen molar-refractivity contribution in [2.24, 2.45) is 0 Å². The second-order valence-electron chi connectivity index (χ2n) is 6.91. The molecule has 0 unspecified atom stereocenters. The number of hydrogen-bond donors (Lipinski definition) is 1. The van der Waals surface area contributed by atoms with Gasteiger partial charge in [0.25, 0.3) is 5.56 Å². The van der Waals surface area contributed by atoms with Crippen LogP contribution in [-0.2, 0) is 12.8 Å². The highest BCUT2D eigenvalue weighted by Crippen LogP contribution is 2.16. The molecule has 0 saturated carbocycles. The second kappa shape index (κ2) is 8.50. The molecule has 0 aliphatic heterocycles. The molecule has 0 spiro atoms. The Morgan fingerprint density at radius 2 is 1.69 bits per heavy atom. The number of ether oxygens (including phenoxy) is 1. The fourth-order valence-corrected chi connectivity index (χ4v) is 3.27. The lowest BCUT2D eigenvalue weighted by atomic mass is 10.0. The van der Waals surface area contributed by atoms with Gasteiger partial charge in [-0.1, -0.05) is 54.3 Å². The summed E-state index contributed by atoms with van der Waals surface area (Å²) in [6.45, 7) is 0. The van der Waals surface area contributed by atoms with Crippen LogP contribution in [0.25, 0.3) is 10.9 Å². The van der Waals surface area contributed by atoms with E-state index >= 15 is 0 Å². The topological polar surface area (TPSA) is 42.1 Å². The van der Waals surface area contributed by atoms with Gasteiger partial charge in [-0.05, 0) is 52.9 Å². The van der Waals surface area contributed by atoms with Gasteiger partial charge in [0.1, 0.15) is 5.75 Å². The van der Waals surface area contributed by atoms with Gasteiger partial charge in [-0.2, -0.15) is 0 Å². The van der Waals surface area contributed by atoms with Gasteiger partial charge in [0.05, 0.1) is 7.11 Å². The van der Waals surface area contributed by atoms with Gasteiger partial charge >= 0.3 is 0 Å². The van der Waals surface area contributed by atoms with Crippen molar-refractivity contribution >= 4 is 10.9 Å². The number of aromatic amines is 1. The molecule has 0 bridgehead atoms. The molecule has 1 aromatic heterocycles. The third kappa shape index (κ3) is 4.56. The maximum absolute atomic E-state index is 12.4. The summed E-state index contributed by atoms with van der Waals surface area (Å²) in [4.78, 5) is 15.4. The molecule has 4 rings (SSSR count). The molecule has 1 heterocycles. The fraction of sp³-hybridized carbons (Fsp3) is 0.115. The van der Waals surface area contributed by atoms with Gasteiger partial charge in [0, 0.05) is 29.5 Å². The van der Waals surface area contributed by atoms with Crippen molar-refractivity contribution in [1.29, 1.82) is 0 Å². The van der Waals surface area contributed by atoms with Crippen LogP contribution in [0.4, 0.5) is 0 Å². The van der Waals surface area contributed by atoms with Crippen molar-refractivity contribution in [1.82, 2.24) is 4.98 Å². The van der Waals surface area contributed by atoms with E-state index in [1.54, 1.807) is 7.11 Å². The highest BCUT2D eigenvalue weighted by molar-refractivity contribution is 5.80. The molecule has 3 heteroatoms. The maximum atomic E-state index is 12.4. The largest absolute Gasteiger partial charge is 0.497 e. The minimum atomic E-state index is -0.0420. The molecule has 0 aliphatic rings. The Hall–Kier alpha value is -3.77. The standard InChI is InChI=1S/C26H21NO2/c1-29-24-13-10-19(11-14-24)8-5-9-21-12-15-25-22(16-21)18-23(26(28)27-25)17-20-6-3-2-4-7-20/h2-4,6-7,10-16,18H,8,17H2,1H3,(H,27,28). The van der Waals surface area contributed by atoms with Crippen LogP contribution >= 0.6 is 0 Å². The maximum Gasteiger partial charge on any atom is 0.251 e. The van der Waals surface area contributed by atoms with Crippen LogP contribution in [0.2, 0.25) is 0 Å². The average molecular weight is 379 g/mol. The normalized spacial score (nSPS) is 10.4. The summed E-state index contributed by atoms with van der Waals surface area (Å²) < 4.78 is 5.18. The number of hydrogen-bond acceptors (Lipinski definition) is 2. The van der Waals surface area contributed by atoms with E-state index in [-0.39, 0.29) is 5.56 Å². The first-order valence-corrected chi connectivity index (χ1v) is 9.53. The number of rotatable bonds is 4. The third-order valence-electron chi connectivity index (χ3n) is 4.84. The van der Waals surface area contributed by atoms with Crippen molar-refractivity contribution in [2.45, 2.75) is 12.8 Å². The summed E-state index contributed by atoms with van der Waals surface area (Å²) in [5, 5.41) is 0.992. The van der Waals surface area contributed by atoms with Crippen molar-refractivity contribution in [2.75, 3.05) is 7.11 Å². The average Bonchev–Trinajstić information content (AvgIpc) is 2.76. The van der Waals surface area contributed by atoms with E-state index in [1.165, 1.54) is 0 Å². The van der Waals surface area contributed by atoms with Gasteiger partial charge in [-0.25, -0.2) is 0 Å². The Balaban J connectivity index is 1.56. The smallest absolute Gasteiger partial charge is 0.251 e. The highest BCUT2D eigenvalue weighted by atomic mass is 16.5. The first-order valence-electron chi connectivity index (χ1n) is 9.53. The van der Waals surface area contributed by atoms with Crippen LogP contribution in [0, 0.1) is 11.8 Å². The Morgan fingerprint density at radius 1 is 0.897 bits per heavy atom. The molecule has 29 heavy (non-hydrogen) atoms. The molecule has 0 saturated heterocycles. The van der Waals surface area contributed by atoms with E-state index in [4.69, 9.17) is 4.74 Å². The van der Waals surface area contributed by atoms with E-state index in [0.717, 1.165) is 38.9 Å². The molecule has 4 aromatic rings. The van der Waals surface area contributed by atoms with E-state index in [9.17, 15) is 4.79 Å². The molecule has 0 aliphatic carbocycles. The predicted octanol–water partition coefficient (Wildman–Crippen LogP) is 4.72. The summed E-state index contributed by atoms with van der Waals surface area (Å²) in [5.41, 5.74) is 4.74. The molecule has 0 radical (unpaired) electrons. The first kappa shape index (κ1) is 18.6. The number of fused-ring (bicyclic) bond motifs is 1. The van der Waals surface area contributed by atoms with Crippen molar-refractivity contribution in [3.63, 3.8) is 0 Å². The van der Waals surface area contributed by atoms with Crippen molar-refractivity contribution in [3.8, 4) is 17.6 Å². The van der Waals surface area contributed by atoms with Gasteiger partial charge in [0.15, 0.2) is 0 Å². The minimum absolute atomic E-state index is 0.0420. The molecule has 142 valence electrons. The lowest BCUT2D eigenvalue weighted by Gasteiger charge is -2.04. The number of aromatic nitrogens is 1. The number of H-pyrrole nitrogens is 1. The van der Waals surface area contributed by atoms with E-state index in [0.29, 0.717) is 12.8 Å². The molecule has 3 aromatic carbocycles. The van der Waals surface area contributed by atoms with Crippen molar-refractivity contribution in [3.05, 3.63) is 111 Å². The quantitative estimate of drug-likeness (QED) is 0.521. The van der Waals surface area contributed by atoms with E-state index in [1.807, 2.05) is 78.9 Å². The summed E-state index contributed by atoms with van der Waals surface area (Å²) in [6, 6.07) is 25.8. The summed E-state index contributed by atoms with van der Waals surface area (Å²) >= 11 is 0. The Kier molecular flexibility index (Phi) is 5.45.